The van der Waals surface area contributed by atoms with Crippen LogP contribution in [0, 0.1) is 5.82 Å². The predicted octanol–water partition coefficient (Wildman–Crippen LogP) is 1.03. The number of benzene rings is 1. The Hall–Kier alpha value is -1.56. The summed E-state index contributed by atoms with van der Waals surface area (Å²) in [5.74, 6) is 1.98. The van der Waals surface area contributed by atoms with Crippen molar-refractivity contribution in [2.75, 3.05) is 18.1 Å². The van der Waals surface area contributed by atoms with Crippen molar-refractivity contribution in [3.63, 3.8) is 0 Å². The summed E-state index contributed by atoms with van der Waals surface area (Å²) in [5.41, 5.74) is 3.22. The molecule has 1 unspecified atom stereocenters. The monoisotopic (exact) mass is 265 g/mol. The Morgan fingerprint density at radius 3 is 3.22 bits per heavy atom. The van der Waals surface area contributed by atoms with Gasteiger partial charge in [0.05, 0.1) is 0 Å². The van der Waals surface area contributed by atoms with Gasteiger partial charge >= 0.3 is 0 Å². The number of thioether (sulfide) groups is 1. The number of hydrazone groups is 1. The molecule has 0 aromatic heterocycles. The molecule has 2 aliphatic rings. The molecule has 1 fully saturated rings. The van der Waals surface area contributed by atoms with Crippen molar-refractivity contribution in [3.05, 3.63) is 35.6 Å². The van der Waals surface area contributed by atoms with E-state index in [0.717, 1.165) is 18.1 Å². The lowest BCUT2D eigenvalue weighted by molar-refractivity contribution is -0.125. The minimum Gasteiger partial charge on any atom is -0.341 e. The predicted molar refractivity (Wildman–Crippen MR) is 68.9 cm³/mol. The summed E-state index contributed by atoms with van der Waals surface area (Å²) in [6, 6.07) is 6.10. The van der Waals surface area contributed by atoms with Crippen molar-refractivity contribution in [2.45, 2.75) is 6.04 Å². The van der Waals surface area contributed by atoms with Crippen LogP contribution in [0.5, 0.6) is 0 Å². The number of amidine groups is 1. The molecule has 3 rings (SSSR count). The maximum absolute atomic E-state index is 13.3. The highest BCUT2D eigenvalue weighted by Crippen LogP contribution is 2.22. The van der Waals surface area contributed by atoms with Crippen LogP contribution < -0.4 is 5.43 Å². The lowest BCUT2D eigenvalue weighted by atomic mass is 10.1. The molecule has 0 saturated carbocycles. The number of nitrogens with one attached hydrogen (secondary N) is 1. The fraction of sp³-hybridized carbons (Fsp3) is 0.333. The van der Waals surface area contributed by atoms with Gasteiger partial charge in [-0.15, -0.1) is 0 Å². The van der Waals surface area contributed by atoms with Crippen molar-refractivity contribution in [1.29, 1.82) is 0 Å². The molecule has 1 atom stereocenters. The summed E-state index contributed by atoms with van der Waals surface area (Å²) in [5, 5.41) is 4.07. The zero-order valence-corrected chi connectivity index (χ0v) is 10.4. The molecule has 1 aromatic carbocycles. The van der Waals surface area contributed by atoms with Gasteiger partial charge in [-0.05, 0) is 12.1 Å². The Bertz CT molecular complexity index is 520. The standard InChI is InChI=1S/C12H12FN3OS/c13-9-3-1-2-8(6-9)11-14-15-12(17)10-7-18-5-4-16(10)11/h1-3,6,10H,4-5,7H2,(H,15,17). The molecule has 0 aliphatic carbocycles. The fourth-order valence-corrected chi connectivity index (χ4v) is 3.23. The molecular weight excluding hydrogens is 253 g/mol. The number of fused-ring (bicyclic) bond motifs is 1. The largest absolute Gasteiger partial charge is 0.341 e. The second kappa shape index (κ2) is 4.61. The van der Waals surface area contributed by atoms with Crippen molar-refractivity contribution < 1.29 is 9.18 Å². The van der Waals surface area contributed by atoms with Gasteiger partial charge in [0.2, 0.25) is 0 Å². The molecule has 1 saturated heterocycles. The number of carbonyl (C=O) groups is 1. The highest BCUT2D eigenvalue weighted by molar-refractivity contribution is 7.99. The number of hydrogen-bond donors (Lipinski definition) is 1. The zero-order valence-electron chi connectivity index (χ0n) is 9.60. The first-order valence-electron chi connectivity index (χ1n) is 5.73. The Labute approximate surface area is 108 Å². The first-order valence-corrected chi connectivity index (χ1v) is 6.89. The van der Waals surface area contributed by atoms with Gasteiger partial charge in [0.25, 0.3) is 5.91 Å². The van der Waals surface area contributed by atoms with Crippen LogP contribution >= 0.6 is 11.8 Å². The first kappa shape index (κ1) is 11.5. The molecule has 0 radical (unpaired) electrons. The number of hydrogen-bond acceptors (Lipinski definition) is 4. The Balaban J connectivity index is 1.98. The van der Waals surface area contributed by atoms with Gasteiger partial charge in [-0.3, -0.25) is 4.79 Å². The van der Waals surface area contributed by atoms with E-state index in [1.807, 2.05) is 4.90 Å². The van der Waals surface area contributed by atoms with Gasteiger partial charge in [-0.2, -0.15) is 16.9 Å². The molecule has 4 nitrogen and oxygen atoms in total. The SMILES string of the molecule is O=C1NN=C(c2cccc(F)c2)N2CCSCC12. The second-order valence-electron chi connectivity index (χ2n) is 4.21. The van der Waals surface area contributed by atoms with Crippen molar-refractivity contribution >= 4 is 23.5 Å². The molecule has 1 N–H and O–H groups in total. The molecule has 0 spiro atoms. The van der Waals surface area contributed by atoms with Crippen LogP contribution in [0.2, 0.25) is 0 Å². The van der Waals surface area contributed by atoms with Crippen molar-refractivity contribution in [3.8, 4) is 0 Å². The number of halogens is 1. The van der Waals surface area contributed by atoms with E-state index < -0.39 is 0 Å². The Kier molecular flexibility index (Phi) is 2.95. The van der Waals surface area contributed by atoms with Gasteiger partial charge in [0, 0.05) is 23.6 Å². The molecule has 18 heavy (non-hydrogen) atoms. The molecule has 94 valence electrons. The summed E-state index contributed by atoms with van der Waals surface area (Å²) in [6.07, 6.45) is 0. The van der Waals surface area contributed by atoms with E-state index in [0.29, 0.717) is 11.4 Å². The van der Waals surface area contributed by atoms with Crippen LogP contribution in [0.25, 0.3) is 0 Å². The second-order valence-corrected chi connectivity index (χ2v) is 5.36. The highest BCUT2D eigenvalue weighted by Gasteiger charge is 2.35. The molecular formula is C12H12FN3OS. The van der Waals surface area contributed by atoms with E-state index in [-0.39, 0.29) is 17.8 Å². The summed E-state index contributed by atoms with van der Waals surface area (Å²) >= 11 is 1.75. The molecule has 1 amide bonds. The molecule has 0 bridgehead atoms. The Morgan fingerprint density at radius 2 is 2.39 bits per heavy atom. The summed E-state index contributed by atoms with van der Waals surface area (Å²) in [4.78, 5) is 13.7. The number of nitrogens with zero attached hydrogens (tertiary/aromatic N) is 2. The molecule has 2 aliphatic heterocycles. The first-order chi connectivity index (χ1) is 8.75. The summed E-state index contributed by atoms with van der Waals surface area (Å²) in [7, 11) is 0. The van der Waals surface area contributed by atoms with Gasteiger partial charge in [0.1, 0.15) is 11.9 Å². The third-order valence-electron chi connectivity index (χ3n) is 3.06. The van der Waals surface area contributed by atoms with Gasteiger partial charge in [0.15, 0.2) is 5.84 Å². The van der Waals surface area contributed by atoms with Gasteiger partial charge in [-0.1, -0.05) is 12.1 Å². The average Bonchev–Trinajstić information content (AvgIpc) is 2.39. The zero-order chi connectivity index (χ0) is 12.5. The summed E-state index contributed by atoms with van der Waals surface area (Å²) < 4.78 is 13.3. The van der Waals surface area contributed by atoms with Crippen LogP contribution in [-0.2, 0) is 4.79 Å². The van der Waals surface area contributed by atoms with E-state index in [4.69, 9.17) is 0 Å². The Morgan fingerprint density at radius 1 is 1.50 bits per heavy atom. The third-order valence-corrected chi connectivity index (χ3v) is 4.08. The van der Waals surface area contributed by atoms with E-state index in [9.17, 15) is 9.18 Å². The van der Waals surface area contributed by atoms with Crippen LogP contribution in [-0.4, -0.2) is 40.7 Å². The maximum Gasteiger partial charge on any atom is 0.263 e. The lowest BCUT2D eigenvalue weighted by Crippen LogP contribution is -2.57. The maximum atomic E-state index is 13.3. The van der Waals surface area contributed by atoms with E-state index in [1.165, 1.54) is 12.1 Å². The van der Waals surface area contributed by atoms with Crippen LogP contribution in [0.15, 0.2) is 29.4 Å². The molecule has 2 heterocycles. The minimum absolute atomic E-state index is 0.0812. The fourth-order valence-electron chi connectivity index (χ4n) is 2.18. The van der Waals surface area contributed by atoms with Crippen molar-refractivity contribution in [1.82, 2.24) is 10.3 Å². The topological polar surface area (TPSA) is 44.7 Å². The van der Waals surface area contributed by atoms with Gasteiger partial charge in [-0.25, -0.2) is 9.82 Å². The molecule has 1 aromatic rings. The van der Waals surface area contributed by atoms with Crippen LogP contribution in [0.1, 0.15) is 5.56 Å². The number of rotatable bonds is 1. The number of carbonyl (C=O) groups excluding carboxylic acids is 1. The normalized spacial score (nSPS) is 23.2. The highest BCUT2D eigenvalue weighted by atomic mass is 32.2. The number of amides is 1. The average molecular weight is 265 g/mol. The van der Waals surface area contributed by atoms with E-state index in [2.05, 4.69) is 10.5 Å². The van der Waals surface area contributed by atoms with Crippen LogP contribution in [0.4, 0.5) is 4.39 Å². The molecule has 6 heteroatoms. The van der Waals surface area contributed by atoms with Gasteiger partial charge < -0.3 is 4.90 Å². The third kappa shape index (κ3) is 1.96. The quantitative estimate of drug-likeness (QED) is 0.825. The minimum atomic E-state index is -0.296. The smallest absolute Gasteiger partial charge is 0.263 e. The lowest BCUT2D eigenvalue weighted by Gasteiger charge is -2.38. The van der Waals surface area contributed by atoms with E-state index in [1.54, 1.807) is 23.9 Å². The van der Waals surface area contributed by atoms with E-state index >= 15 is 0 Å². The summed E-state index contributed by atoms with van der Waals surface area (Å²) in [6.45, 7) is 0.762. The van der Waals surface area contributed by atoms with Crippen molar-refractivity contribution in [2.24, 2.45) is 5.10 Å². The van der Waals surface area contributed by atoms with Crippen LogP contribution in [0.3, 0.4) is 0 Å².